The lowest BCUT2D eigenvalue weighted by molar-refractivity contribution is 0.103. The molecular formula is C14H9F3O. The summed E-state index contributed by atoms with van der Waals surface area (Å²) in [6.07, 6.45) is 0. The molecule has 0 aliphatic carbocycles. The third-order valence-corrected chi connectivity index (χ3v) is 2.54. The van der Waals surface area contributed by atoms with E-state index in [0.29, 0.717) is 11.6 Å². The van der Waals surface area contributed by atoms with E-state index in [4.69, 9.17) is 0 Å². The molecule has 0 atom stereocenters. The standard InChI is InChI=1S/C14H9F3O/c1-8-2-4-10(12(16)6-8)14(18)11-5-3-9(15)7-13(11)17/h2-7H,1H3. The Bertz CT molecular complexity index is 567. The number of hydrogen-bond donors (Lipinski definition) is 0. The van der Waals surface area contributed by atoms with Gasteiger partial charge in [-0.25, -0.2) is 13.2 Å². The van der Waals surface area contributed by atoms with Crippen LogP contribution in [0.5, 0.6) is 0 Å². The quantitative estimate of drug-likeness (QED) is 0.743. The summed E-state index contributed by atoms with van der Waals surface area (Å²) < 4.78 is 39.7. The van der Waals surface area contributed by atoms with Gasteiger partial charge < -0.3 is 0 Å². The van der Waals surface area contributed by atoms with E-state index in [1.165, 1.54) is 12.1 Å². The molecule has 0 fully saturated rings. The third-order valence-electron chi connectivity index (χ3n) is 2.54. The van der Waals surface area contributed by atoms with Crippen LogP contribution in [-0.4, -0.2) is 5.78 Å². The van der Waals surface area contributed by atoms with E-state index in [0.717, 1.165) is 12.1 Å². The highest BCUT2D eigenvalue weighted by Gasteiger charge is 2.17. The van der Waals surface area contributed by atoms with E-state index in [1.54, 1.807) is 13.0 Å². The van der Waals surface area contributed by atoms with Gasteiger partial charge in [0.25, 0.3) is 0 Å². The number of hydrogen-bond acceptors (Lipinski definition) is 1. The smallest absolute Gasteiger partial charge is 0.198 e. The zero-order valence-corrected chi connectivity index (χ0v) is 9.51. The predicted molar refractivity (Wildman–Crippen MR) is 60.9 cm³/mol. The molecule has 2 aromatic rings. The fourth-order valence-electron chi connectivity index (χ4n) is 1.62. The number of aryl methyl sites for hydroxylation is 1. The van der Waals surface area contributed by atoms with E-state index in [1.807, 2.05) is 0 Å². The highest BCUT2D eigenvalue weighted by Crippen LogP contribution is 2.18. The molecule has 0 saturated heterocycles. The molecule has 0 N–H and O–H groups in total. The van der Waals surface area contributed by atoms with Gasteiger partial charge in [0.15, 0.2) is 5.78 Å². The van der Waals surface area contributed by atoms with Crippen LogP contribution < -0.4 is 0 Å². The predicted octanol–water partition coefficient (Wildman–Crippen LogP) is 3.64. The summed E-state index contributed by atoms with van der Waals surface area (Å²) in [5, 5.41) is 0. The summed E-state index contributed by atoms with van der Waals surface area (Å²) in [4.78, 5) is 11.9. The molecule has 0 aliphatic heterocycles. The molecule has 0 aromatic heterocycles. The Morgan fingerprint density at radius 3 is 2.00 bits per heavy atom. The minimum atomic E-state index is -1.00. The average Bonchev–Trinajstić information content (AvgIpc) is 2.28. The lowest BCUT2D eigenvalue weighted by Gasteiger charge is -2.05. The SMILES string of the molecule is Cc1ccc(C(=O)c2ccc(F)cc2F)c(F)c1. The molecule has 0 saturated carbocycles. The number of halogens is 3. The third kappa shape index (κ3) is 2.27. The minimum absolute atomic E-state index is 0.230. The monoisotopic (exact) mass is 250 g/mol. The second kappa shape index (κ2) is 4.64. The second-order valence-electron chi connectivity index (χ2n) is 3.94. The molecule has 2 aromatic carbocycles. The highest BCUT2D eigenvalue weighted by molar-refractivity contribution is 6.09. The zero-order valence-electron chi connectivity index (χ0n) is 9.51. The van der Waals surface area contributed by atoms with Crippen LogP contribution in [0, 0.1) is 24.4 Å². The second-order valence-corrected chi connectivity index (χ2v) is 3.94. The van der Waals surface area contributed by atoms with Crippen LogP contribution in [0.2, 0.25) is 0 Å². The van der Waals surface area contributed by atoms with Crippen molar-refractivity contribution in [3.63, 3.8) is 0 Å². The van der Waals surface area contributed by atoms with Crippen molar-refractivity contribution in [2.45, 2.75) is 6.92 Å². The first-order valence-corrected chi connectivity index (χ1v) is 5.25. The summed E-state index contributed by atoms with van der Waals surface area (Å²) in [6, 6.07) is 6.59. The number of ketones is 1. The molecule has 2 rings (SSSR count). The van der Waals surface area contributed by atoms with Crippen LogP contribution in [0.1, 0.15) is 21.5 Å². The lowest BCUT2D eigenvalue weighted by atomic mass is 10.0. The van der Waals surface area contributed by atoms with Crippen molar-refractivity contribution in [1.29, 1.82) is 0 Å². The van der Waals surface area contributed by atoms with Gasteiger partial charge in [-0.2, -0.15) is 0 Å². The first kappa shape index (κ1) is 12.4. The molecule has 18 heavy (non-hydrogen) atoms. The molecule has 0 radical (unpaired) electrons. The normalized spacial score (nSPS) is 10.4. The molecule has 0 spiro atoms. The van der Waals surface area contributed by atoms with Crippen LogP contribution >= 0.6 is 0 Å². The van der Waals surface area contributed by atoms with E-state index >= 15 is 0 Å². The van der Waals surface area contributed by atoms with Crippen LogP contribution in [0.25, 0.3) is 0 Å². The van der Waals surface area contributed by atoms with Gasteiger partial charge in [0.2, 0.25) is 0 Å². The molecule has 92 valence electrons. The van der Waals surface area contributed by atoms with Crippen LogP contribution in [0.15, 0.2) is 36.4 Å². The molecule has 0 heterocycles. The van der Waals surface area contributed by atoms with Gasteiger partial charge in [-0.15, -0.1) is 0 Å². The molecular weight excluding hydrogens is 241 g/mol. The fourth-order valence-corrected chi connectivity index (χ4v) is 1.62. The van der Waals surface area contributed by atoms with E-state index in [9.17, 15) is 18.0 Å². The lowest BCUT2D eigenvalue weighted by Crippen LogP contribution is -2.07. The first-order valence-electron chi connectivity index (χ1n) is 5.25. The Morgan fingerprint density at radius 1 is 0.889 bits per heavy atom. The van der Waals surface area contributed by atoms with Gasteiger partial charge in [-0.05, 0) is 36.8 Å². The van der Waals surface area contributed by atoms with E-state index < -0.39 is 23.2 Å². The Labute approximate surface area is 102 Å². The number of rotatable bonds is 2. The summed E-state index contributed by atoms with van der Waals surface area (Å²) in [5.41, 5.74) is 0.0777. The molecule has 0 bridgehead atoms. The maximum absolute atomic E-state index is 13.6. The summed E-state index contributed by atoms with van der Waals surface area (Å²) in [7, 11) is 0. The van der Waals surface area contributed by atoms with Crippen molar-refractivity contribution < 1.29 is 18.0 Å². The Hall–Kier alpha value is -2.10. The topological polar surface area (TPSA) is 17.1 Å². The zero-order chi connectivity index (χ0) is 13.3. The van der Waals surface area contributed by atoms with Crippen LogP contribution in [0.4, 0.5) is 13.2 Å². The van der Waals surface area contributed by atoms with E-state index in [-0.39, 0.29) is 11.1 Å². The number of carbonyl (C=O) groups is 1. The van der Waals surface area contributed by atoms with Crippen molar-refractivity contribution >= 4 is 5.78 Å². The van der Waals surface area contributed by atoms with Gasteiger partial charge >= 0.3 is 0 Å². The molecule has 1 nitrogen and oxygen atoms in total. The summed E-state index contributed by atoms with van der Waals surface area (Å²) >= 11 is 0. The Kier molecular flexibility index (Phi) is 3.19. The van der Waals surface area contributed by atoms with Crippen LogP contribution in [-0.2, 0) is 0 Å². The Morgan fingerprint density at radius 2 is 1.44 bits per heavy atom. The van der Waals surface area contributed by atoms with Gasteiger partial charge in [0.05, 0.1) is 11.1 Å². The van der Waals surface area contributed by atoms with Gasteiger partial charge in [0.1, 0.15) is 17.5 Å². The molecule has 0 aliphatic rings. The minimum Gasteiger partial charge on any atom is -0.288 e. The van der Waals surface area contributed by atoms with Crippen molar-refractivity contribution in [2.24, 2.45) is 0 Å². The molecule has 0 unspecified atom stereocenters. The van der Waals surface area contributed by atoms with E-state index in [2.05, 4.69) is 0 Å². The van der Waals surface area contributed by atoms with Crippen molar-refractivity contribution in [3.05, 3.63) is 70.5 Å². The maximum Gasteiger partial charge on any atom is 0.198 e. The van der Waals surface area contributed by atoms with Gasteiger partial charge in [0, 0.05) is 6.07 Å². The van der Waals surface area contributed by atoms with Crippen molar-refractivity contribution in [1.82, 2.24) is 0 Å². The Balaban J connectivity index is 2.48. The van der Waals surface area contributed by atoms with Gasteiger partial charge in [-0.3, -0.25) is 4.79 Å². The fraction of sp³-hybridized carbons (Fsp3) is 0.0714. The maximum atomic E-state index is 13.6. The number of benzene rings is 2. The van der Waals surface area contributed by atoms with Crippen LogP contribution in [0.3, 0.4) is 0 Å². The largest absolute Gasteiger partial charge is 0.288 e. The highest BCUT2D eigenvalue weighted by atomic mass is 19.1. The van der Waals surface area contributed by atoms with Crippen molar-refractivity contribution in [3.8, 4) is 0 Å². The summed E-state index contributed by atoms with van der Waals surface area (Å²) in [5.74, 6) is -3.30. The average molecular weight is 250 g/mol. The number of carbonyl (C=O) groups excluding carboxylic acids is 1. The summed E-state index contributed by atoms with van der Waals surface area (Å²) in [6.45, 7) is 1.68. The first-order chi connectivity index (χ1) is 8.49. The van der Waals surface area contributed by atoms with Crippen molar-refractivity contribution in [2.75, 3.05) is 0 Å². The van der Waals surface area contributed by atoms with Gasteiger partial charge in [-0.1, -0.05) is 6.07 Å². The molecule has 0 amide bonds. The molecule has 4 heteroatoms.